The highest BCUT2D eigenvalue weighted by atomic mass is 16.2. The highest BCUT2D eigenvalue weighted by Gasteiger charge is 2.18. The van der Waals surface area contributed by atoms with Gasteiger partial charge >= 0.3 is 0 Å². The van der Waals surface area contributed by atoms with Crippen LogP contribution < -0.4 is 10.5 Å². The minimum Gasteiger partial charge on any atom is -0.325 e. The van der Waals surface area contributed by atoms with Crippen molar-refractivity contribution < 1.29 is 4.79 Å². The number of aryl methyl sites for hydroxylation is 1. The molecular formula is C21H25N3O2. The van der Waals surface area contributed by atoms with E-state index in [2.05, 4.69) is 11.9 Å². The van der Waals surface area contributed by atoms with E-state index in [0.29, 0.717) is 24.9 Å². The van der Waals surface area contributed by atoms with E-state index in [1.54, 1.807) is 13.8 Å². The summed E-state index contributed by atoms with van der Waals surface area (Å²) in [5.74, 6) is 0.0492. The maximum atomic E-state index is 12.9. The van der Waals surface area contributed by atoms with E-state index in [-0.39, 0.29) is 17.0 Å². The first kappa shape index (κ1) is 19.5. The second-order valence-corrected chi connectivity index (χ2v) is 6.40. The van der Waals surface area contributed by atoms with Crippen molar-refractivity contribution in [3.05, 3.63) is 63.1 Å². The second kappa shape index (κ2) is 9.00. The molecule has 1 aromatic carbocycles. The monoisotopic (exact) mass is 351 g/mol. The maximum absolute atomic E-state index is 12.9. The third-order valence-corrected chi connectivity index (χ3v) is 4.61. The van der Waals surface area contributed by atoms with Crippen molar-refractivity contribution in [2.75, 3.05) is 11.4 Å². The molecule has 2 rings (SSSR count). The Morgan fingerprint density at radius 1 is 1.23 bits per heavy atom. The summed E-state index contributed by atoms with van der Waals surface area (Å²) in [5.41, 5.74) is 2.92. The number of pyridine rings is 1. The van der Waals surface area contributed by atoms with E-state index in [1.807, 2.05) is 41.3 Å². The van der Waals surface area contributed by atoms with E-state index in [4.69, 9.17) is 0 Å². The van der Waals surface area contributed by atoms with Crippen LogP contribution in [0.2, 0.25) is 0 Å². The largest absolute Gasteiger partial charge is 0.325 e. The minimum absolute atomic E-state index is 0.0492. The lowest BCUT2D eigenvalue weighted by Gasteiger charge is -2.23. The first-order valence-electron chi connectivity index (χ1n) is 8.97. The molecule has 1 N–H and O–H groups in total. The fourth-order valence-electron chi connectivity index (χ4n) is 3.11. The number of nitrogens with zero attached hydrogens (tertiary/aromatic N) is 2. The summed E-state index contributed by atoms with van der Waals surface area (Å²) < 4.78 is 0. The van der Waals surface area contributed by atoms with Gasteiger partial charge in [-0.05, 0) is 49.9 Å². The number of aromatic amines is 1. The zero-order valence-corrected chi connectivity index (χ0v) is 15.6. The number of aromatic nitrogens is 1. The molecular weight excluding hydrogens is 326 g/mol. The van der Waals surface area contributed by atoms with Crippen molar-refractivity contribution in [2.24, 2.45) is 0 Å². The Morgan fingerprint density at radius 3 is 2.54 bits per heavy atom. The Labute approximate surface area is 154 Å². The molecule has 0 aliphatic heterocycles. The number of rotatable bonds is 7. The lowest BCUT2D eigenvalue weighted by atomic mass is 9.98. The van der Waals surface area contributed by atoms with Crippen molar-refractivity contribution in [3.8, 4) is 6.07 Å². The number of anilines is 1. The molecule has 0 aliphatic rings. The summed E-state index contributed by atoms with van der Waals surface area (Å²) in [6, 6.07) is 11.6. The summed E-state index contributed by atoms with van der Waals surface area (Å²) in [6.45, 7) is 6.37. The van der Waals surface area contributed by atoms with Gasteiger partial charge in [-0.3, -0.25) is 9.59 Å². The molecule has 0 saturated carbocycles. The molecule has 2 aromatic rings. The zero-order chi connectivity index (χ0) is 19.1. The number of benzene rings is 1. The van der Waals surface area contributed by atoms with Crippen LogP contribution in [0, 0.1) is 25.2 Å². The van der Waals surface area contributed by atoms with Gasteiger partial charge in [0.05, 0.1) is 0 Å². The van der Waals surface area contributed by atoms with Gasteiger partial charge in [0.1, 0.15) is 11.6 Å². The minimum atomic E-state index is -0.369. The van der Waals surface area contributed by atoms with Crippen LogP contribution in [-0.2, 0) is 11.2 Å². The smallest absolute Gasteiger partial charge is 0.266 e. The van der Waals surface area contributed by atoms with E-state index in [0.717, 1.165) is 29.8 Å². The quantitative estimate of drug-likeness (QED) is 0.827. The average Bonchev–Trinajstić information content (AvgIpc) is 2.62. The Morgan fingerprint density at radius 2 is 1.92 bits per heavy atom. The summed E-state index contributed by atoms with van der Waals surface area (Å²) in [6.07, 6.45) is 2.78. The molecule has 136 valence electrons. The molecule has 5 heteroatoms. The molecule has 1 aromatic heterocycles. The highest BCUT2D eigenvalue weighted by molar-refractivity contribution is 5.93. The number of nitriles is 1. The van der Waals surface area contributed by atoms with Gasteiger partial charge in [0.2, 0.25) is 5.91 Å². The Kier molecular flexibility index (Phi) is 6.74. The van der Waals surface area contributed by atoms with E-state index in [1.165, 1.54) is 0 Å². The molecule has 1 amide bonds. The molecule has 0 atom stereocenters. The van der Waals surface area contributed by atoms with E-state index in [9.17, 15) is 14.9 Å². The topological polar surface area (TPSA) is 77.0 Å². The van der Waals surface area contributed by atoms with Gasteiger partial charge in [0.25, 0.3) is 5.56 Å². The number of amides is 1. The SMILES string of the molecule is CCCCN(C(=O)CCc1c(C)[nH]c(=O)c(C#N)c1C)c1ccccc1. The van der Waals surface area contributed by atoms with Crippen molar-refractivity contribution in [3.63, 3.8) is 0 Å². The molecule has 1 heterocycles. The maximum Gasteiger partial charge on any atom is 0.266 e. The number of nitrogens with one attached hydrogen (secondary N) is 1. The molecule has 0 saturated heterocycles. The Balaban J connectivity index is 2.21. The van der Waals surface area contributed by atoms with Gasteiger partial charge in [-0.2, -0.15) is 5.26 Å². The fourth-order valence-corrected chi connectivity index (χ4v) is 3.11. The van der Waals surface area contributed by atoms with Gasteiger partial charge < -0.3 is 9.88 Å². The van der Waals surface area contributed by atoms with Gasteiger partial charge in [0, 0.05) is 24.3 Å². The molecule has 0 spiro atoms. The Hall–Kier alpha value is -2.87. The van der Waals surface area contributed by atoms with Crippen LogP contribution in [0.1, 0.15) is 48.6 Å². The Bertz CT molecular complexity index is 863. The molecule has 0 fully saturated rings. The summed E-state index contributed by atoms with van der Waals surface area (Å²) in [4.78, 5) is 29.2. The lowest BCUT2D eigenvalue weighted by Crippen LogP contribution is -2.32. The number of hydrogen-bond acceptors (Lipinski definition) is 3. The molecule has 0 unspecified atom stereocenters. The van der Waals surface area contributed by atoms with Crippen LogP contribution in [0.25, 0.3) is 0 Å². The third-order valence-electron chi connectivity index (χ3n) is 4.61. The second-order valence-electron chi connectivity index (χ2n) is 6.40. The van der Waals surface area contributed by atoms with Crippen LogP contribution in [0.4, 0.5) is 5.69 Å². The van der Waals surface area contributed by atoms with Gasteiger partial charge in [-0.25, -0.2) is 0 Å². The molecule has 0 radical (unpaired) electrons. The van der Waals surface area contributed by atoms with Crippen molar-refractivity contribution >= 4 is 11.6 Å². The van der Waals surface area contributed by atoms with Gasteiger partial charge in [-0.1, -0.05) is 31.5 Å². The summed E-state index contributed by atoms with van der Waals surface area (Å²) in [7, 11) is 0. The van der Waals surface area contributed by atoms with Crippen LogP contribution in [0.5, 0.6) is 0 Å². The fraction of sp³-hybridized carbons (Fsp3) is 0.381. The first-order chi connectivity index (χ1) is 12.5. The summed E-state index contributed by atoms with van der Waals surface area (Å²) in [5, 5.41) is 9.18. The first-order valence-corrected chi connectivity index (χ1v) is 8.97. The third kappa shape index (κ3) is 4.40. The molecule has 26 heavy (non-hydrogen) atoms. The van der Waals surface area contributed by atoms with E-state index < -0.39 is 0 Å². The average molecular weight is 351 g/mol. The highest BCUT2D eigenvalue weighted by Crippen LogP contribution is 2.19. The summed E-state index contributed by atoms with van der Waals surface area (Å²) >= 11 is 0. The molecule has 5 nitrogen and oxygen atoms in total. The lowest BCUT2D eigenvalue weighted by molar-refractivity contribution is -0.118. The van der Waals surface area contributed by atoms with Crippen molar-refractivity contribution in [1.82, 2.24) is 4.98 Å². The predicted molar refractivity (Wildman–Crippen MR) is 103 cm³/mol. The standard InChI is InChI=1S/C21H25N3O2/c1-4-5-13-24(17-9-7-6-8-10-17)20(25)12-11-18-15(2)19(14-22)21(26)23-16(18)3/h6-10H,4-5,11-13H2,1-3H3,(H,23,26). The van der Waals surface area contributed by atoms with E-state index >= 15 is 0 Å². The zero-order valence-electron chi connectivity index (χ0n) is 15.6. The molecule has 0 bridgehead atoms. The van der Waals surface area contributed by atoms with Crippen LogP contribution in [0.15, 0.2) is 35.1 Å². The van der Waals surface area contributed by atoms with Gasteiger partial charge in [-0.15, -0.1) is 0 Å². The number of carbonyl (C=O) groups excluding carboxylic acids is 1. The normalized spacial score (nSPS) is 10.4. The van der Waals surface area contributed by atoms with Crippen molar-refractivity contribution in [1.29, 1.82) is 5.26 Å². The number of H-pyrrole nitrogens is 1. The number of hydrogen-bond donors (Lipinski definition) is 1. The van der Waals surface area contributed by atoms with Gasteiger partial charge in [0.15, 0.2) is 0 Å². The number of para-hydroxylation sites is 1. The number of carbonyl (C=O) groups is 1. The predicted octanol–water partition coefficient (Wildman–Crippen LogP) is 3.63. The molecule has 0 aliphatic carbocycles. The van der Waals surface area contributed by atoms with Crippen LogP contribution in [-0.4, -0.2) is 17.4 Å². The van der Waals surface area contributed by atoms with Crippen molar-refractivity contribution in [2.45, 2.75) is 46.5 Å². The van der Waals surface area contributed by atoms with Crippen LogP contribution in [0.3, 0.4) is 0 Å². The number of unbranched alkanes of at least 4 members (excludes halogenated alkanes) is 1. The van der Waals surface area contributed by atoms with Crippen LogP contribution >= 0.6 is 0 Å².